The summed E-state index contributed by atoms with van der Waals surface area (Å²) in [5, 5.41) is 0. The Balaban J connectivity index is 2.15. The molecule has 0 aliphatic rings. The molecule has 0 amide bonds. The summed E-state index contributed by atoms with van der Waals surface area (Å²) in [6.45, 7) is 2.24. The zero-order chi connectivity index (χ0) is 15.5. The molecule has 2 rings (SSSR count). The molecule has 0 heteroatoms. The van der Waals surface area contributed by atoms with Crippen molar-refractivity contribution in [2.75, 3.05) is 0 Å². The van der Waals surface area contributed by atoms with Gasteiger partial charge in [-0.25, -0.2) is 0 Å². The van der Waals surface area contributed by atoms with Gasteiger partial charge in [-0.1, -0.05) is 92.6 Å². The molecule has 112 valence electrons. The molecule has 0 aromatic heterocycles. The van der Waals surface area contributed by atoms with Crippen LogP contribution in [0, 0.1) is 0 Å². The van der Waals surface area contributed by atoms with Crippen LogP contribution in [-0.4, -0.2) is 0 Å². The summed E-state index contributed by atoms with van der Waals surface area (Å²) in [7, 11) is 0. The molecule has 0 aliphatic heterocycles. The maximum absolute atomic E-state index is 3.47. The smallest absolute Gasteiger partial charge is 0.00599 e. The predicted molar refractivity (Wildman–Crippen MR) is 97.6 cm³/mol. The standard InChI is InChI=1S/C22H24/c1-2-3-6-11-22(18-16-20-12-7-4-8-13-20)19-17-21-14-9-5-10-15-21/h4-5,7-10,12-18H,2-3,6,11H2,1H3/b18-16+. The number of hydrogen-bond acceptors (Lipinski definition) is 0. The third-order valence-corrected chi connectivity index (χ3v) is 3.55. The lowest BCUT2D eigenvalue weighted by molar-refractivity contribution is 0.720. The van der Waals surface area contributed by atoms with Gasteiger partial charge in [0.05, 0.1) is 0 Å². The van der Waals surface area contributed by atoms with Crippen molar-refractivity contribution in [3.8, 4) is 0 Å². The number of hydrogen-bond donors (Lipinski definition) is 0. The van der Waals surface area contributed by atoms with Gasteiger partial charge in [0.2, 0.25) is 0 Å². The van der Waals surface area contributed by atoms with Crippen molar-refractivity contribution in [3.63, 3.8) is 0 Å². The molecule has 2 aromatic rings. The molecule has 0 N–H and O–H groups in total. The van der Waals surface area contributed by atoms with E-state index in [1.807, 2.05) is 12.1 Å². The molecular weight excluding hydrogens is 264 g/mol. The van der Waals surface area contributed by atoms with E-state index in [1.165, 1.54) is 36.0 Å². The van der Waals surface area contributed by atoms with Crippen LogP contribution in [0.15, 0.2) is 78.0 Å². The zero-order valence-corrected chi connectivity index (χ0v) is 13.3. The fourth-order valence-electron chi connectivity index (χ4n) is 2.26. The lowest BCUT2D eigenvalue weighted by Crippen LogP contribution is -1.80. The Bertz CT molecular complexity index is 626. The van der Waals surface area contributed by atoms with Crippen molar-refractivity contribution < 1.29 is 0 Å². The van der Waals surface area contributed by atoms with Crippen molar-refractivity contribution in [3.05, 3.63) is 89.2 Å². The van der Waals surface area contributed by atoms with E-state index in [9.17, 15) is 0 Å². The Morgan fingerprint density at radius 2 is 1.50 bits per heavy atom. The van der Waals surface area contributed by atoms with Crippen LogP contribution in [0.2, 0.25) is 0 Å². The lowest BCUT2D eigenvalue weighted by atomic mass is 10.1. The van der Waals surface area contributed by atoms with Crippen LogP contribution < -0.4 is 0 Å². The molecule has 22 heavy (non-hydrogen) atoms. The van der Waals surface area contributed by atoms with Crippen molar-refractivity contribution >= 4 is 12.2 Å². The third-order valence-electron chi connectivity index (χ3n) is 3.55. The van der Waals surface area contributed by atoms with Gasteiger partial charge in [0.25, 0.3) is 0 Å². The van der Waals surface area contributed by atoms with E-state index in [0.29, 0.717) is 0 Å². The van der Waals surface area contributed by atoms with E-state index < -0.39 is 0 Å². The molecule has 0 spiro atoms. The van der Waals surface area contributed by atoms with Gasteiger partial charge in [-0.05, 0) is 35.6 Å². The highest BCUT2D eigenvalue weighted by Crippen LogP contribution is 2.13. The molecule has 0 saturated carbocycles. The minimum Gasteiger partial charge on any atom is -0.117 e. The van der Waals surface area contributed by atoms with Crippen molar-refractivity contribution in [2.24, 2.45) is 0 Å². The normalized spacial score (nSPS) is 10.4. The third kappa shape index (κ3) is 5.99. The van der Waals surface area contributed by atoms with E-state index in [4.69, 9.17) is 0 Å². The predicted octanol–water partition coefficient (Wildman–Crippen LogP) is 6.52. The van der Waals surface area contributed by atoms with Crippen LogP contribution in [0.3, 0.4) is 0 Å². The van der Waals surface area contributed by atoms with Crippen LogP contribution in [0.1, 0.15) is 43.7 Å². The minimum atomic E-state index is 1.08. The van der Waals surface area contributed by atoms with E-state index in [1.54, 1.807) is 0 Å². The van der Waals surface area contributed by atoms with Gasteiger partial charge in [0, 0.05) is 0 Å². The molecular formula is C22H24. The molecule has 0 atom stereocenters. The molecule has 0 bridgehead atoms. The van der Waals surface area contributed by atoms with Gasteiger partial charge in [-0.2, -0.15) is 0 Å². The second kappa shape index (κ2) is 9.60. The van der Waals surface area contributed by atoms with E-state index >= 15 is 0 Å². The first-order valence-electron chi connectivity index (χ1n) is 8.12. The van der Waals surface area contributed by atoms with Crippen LogP contribution in [0.4, 0.5) is 0 Å². The topological polar surface area (TPSA) is 0 Å². The Labute approximate surface area is 134 Å². The Kier molecular flexibility index (Phi) is 7.02. The average Bonchev–Trinajstić information content (AvgIpc) is 2.59. The van der Waals surface area contributed by atoms with E-state index in [2.05, 4.69) is 79.4 Å². The maximum atomic E-state index is 3.47. The van der Waals surface area contributed by atoms with Gasteiger partial charge < -0.3 is 0 Å². The molecule has 2 aromatic carbocycles. The molecule has 0 saturated heterocycles. The van der Waals surface area contributed by atoms with Crippen LogP contribution >= 0.6 is 0 Å². The number of unbranched alkanes of at least 4 members (excludes halogenated alkanes) is 2. The monoisotopic (exact) mass is 288 g/mol. The minimum absolute atomic E-state index is 1.08. The lowest BCUT2D eigenvalue weighted by Gasteiger charge is -1.99. The quantitative estimate of drug-likeness (QED) is 0.309. The number of allylic oxidation sites excluding steroid dienone is 2. The first kappa shape index (κ1) is 16.1. The molecule has 0 unspecified atom stereocenters. The first-order valence-corrected chi connectivity index (χ1v) is 8.12. The Morgan fingerprint density at radius 3 is 2.14 bits per heavy atom. The molecule has 0 radical (unpaired) electrons. The van der Waals surface area contributed by atoms with Crippen LogP contribution in [0.5, 0.6) is 0 Å². The van der Waals surface area contributed by atoms with Crippen LogP contribution in [-0.2, 0) is 0 Å². The van der Waals surface area contributed by atoms with Gasteiger partial charge in [-0.3, -0.25) is 0 Å². The summed E-state index contributed by atoms with van der Waals surface area (Å²) < 4.78 is 0. The first-order chi connectivity index (χ1) is 10.9. The van der Waals surface area contributed by atoms with Gasteiger partial charge >= 0.3 is 0 Å². The van der Waals surface area contributed by atoms with Gasteiger partial charge in [-0.15, -0.1) is 5.73 Å². The van der Waals surface area contributed by atoms with Crippen molar-refractivity contribution in [1.82, 2.24) is 0 Å². The molecule has 0 nitrogen and oxygen atoms in total. The van der Waals surface area contributed by atoms with Crippen molar-refractivity contribution in [2.45, 2.75) is 32.6 Å². The SMILES string of the molecule is CCCCCC(=C=Cc1ccccc1)/C=C/c1ccccc1. The number of rotatable bonds is 7. The van der Waals surface area contributed by atoms with Gasteiger partial charge in [0.15, 0.2) is 0 Å². The van der Waals surface area contributed by atoms with Gasteiger partial charge in [0.1, 0.15) is 0 Å². The highest BCUT2D eigenvalue weighted by Gasteiger charge is 1.93. The highest BCUT2D eigenvalue weighted by atomic mass is 14.0. The highest BCUT2D eigenvalue weighted by molar-refractivity contribution is 5.55. The zero-order valence-electron chi connectivity index (χ0n) is 13.3. The average molecular weight is 288 g/mol. The van der Waals surface area contributed by atoms with E-state index in [-0.39, 0.29) is 0 Å². The van der Waals surface area contributed by atoms with Crippen molar-refractivity contribution in [1.29, 1.82) is 0 Å². The summed E-state index contributed by atoms with van der Waals surface area (Å²) in [6.07, 6.45) is 11.3. The fraction of sp³-hybridized carbons (Fsp3) is 0.227. The largest absolute Gasteiger partial charge is 0.117 e. The Morgan fingerprint density at radius 1 is 0.864 bits per heavy atom. The summed E-state index contributed by atoms with van der Waals surface area (Å²) in [5.41, 5.74) is 7.17. The fourth-order valence-corrected chi connectivity index (χ4v) is 2.26. The van der Waals surface area contributed by atoms with Crippen LogP contribution in [0.25, 0.3) is 12.2 Å². The maximum Gasteiger partial charge on any atom is -0.00599 e. The summed E-state index contributed by atoms with van der Waals surface area (Å²) in [5.74, 6) is 0. The number of benzene rings is 2. The molecule has 0 aliphatic carbocycles. The molecule has 0 fully saturated rings. The molecule has 0 heterocycles. The Hall–Kier alpha value is -2.30. The second-order valence-corrected chi connectivity index (χ2v) is 5.43. The summed E-state index contributed by atoms with van der Waals surface area (Å²) in [6, 6.07) is 20.8. The van der Waals surface area contributed by atoms with E-state index in [0.717, 1.165) is 6.42 Å². The second-order valence-electron chi connectivity index (χ2n) is 5.43. The summed E-state index contributed by atoms with van der Waals surface area (Å²) >= 11 is 0. The summed E-state index contributed by atoms with van der Waals surface area (Å²) in [4.78, 5) is 0.